The minimum atomic E-state index is 0.0594. The summed E-state index contributed by atoms with van der Waals surface area (Å²) in [5, 5.41) is 0. The van der Waals surface area contributed by atoms with Gasteiger partial charge >= 0.3 is 0 Å². The Morgan fingerprint density at radius 3 is 1.92 bits per heavy atom. The van der Waals surface area contributed by atoms with E-state index >= 15 is 0 Å². The highest BCUT2D eigenvalue weighted by Gasteiger charge is 2.25. The normalized spacial score (nSPS) is 12.0. The van der Waals surface area contributed by atoms with E-state index in [0.717, 1.165) is 39.1 Å². The van der Waals surface area contributed by atoms with Crippen LogP contribution in [0.1, 0.15) is 47.0 Å². The summed E-state index contributed by atoms with van der Waals surface area (Å²) in [5.41, 5.74) is 0.0594. The molecule has 2 heteroatoms. The Kier molecular flexibility index (Phi) is 7.29. The maximum Gasteiger partial charge on any atom is 0.0699 e. The first-order valence-electron chi connectivity index (χ1n) is 5.46. The second kappa shape index (κ2) is 7.34. The van der Waals surface area contributed by atoms with Crippen LogP contribution in [0.15, 0.2) is 0 Å². The predicted molar refractivity (Wildman–Crippen MR) is 56.0 cm³/mol. The smallest absolute Gasteiger partial charge is 0.0699 e. The lowest BCUT2D eigenvalue weighted by Crippen LogP contribution is -2.32. The van der Waals surface area contributed by atoms with Gasteiger partial charge in [0, 0.05) is 19.8 Å². The molecular weight excluding hydrogens is 164 g/mol. The average Bonchev–Trinajstić information content (AvgIpc) is 2.17. The van der Waals surface area contributed by atoms with Gasteiger partial charge in [-0.05, 0) is 33.1 Å². The highest BCUT2D eigenvalue weighted by Crippen LogP contribution is 2.24. The van der Waals surface area contributed by atoms with Gasteiger partial charge in [0.25, 0.3) is 0 Å². The molecule has 0 unspecified atom stereocenters. The third kappa shape index (κ3) is 4.63. The second-order valence-electron chi connectivity index (χ2n) is 3.27. The Hall–Kier alpha value is -0.0800. The lowest BCUT2D eigenvalue weighted by Gasteiger charge is -2.31. The van der Waals surface area contributed by atoms with Crippen LogP contribution in [-0.2, 0) is 9.47 Å². The average molecular weight is 188 g/mol. The van der Waals surface area contributed by atoms with Gasteiger partial charge in [0.05, 0.1) is 5.60 Å². The van der Waals surface area contributed by atoms with Crippen LogP contribution in [0.4, 0.5) is 0 Å². The molecule has 0 aromatic carbocycles. The van der Waals surface area contributed by atoms with Gasteiger partial charge in [-0.1, -0.05) is 13.8 Å². The first-order chi connectivity index (χ1) is 6.24. The summed E-state index contributed by atoms with van der Waals surface area (Å²) < 4.78 is 11.2. The first kappa shape index (κ1) is 12.9. The largest absolute Gasteiger partial charge is 0.382 e. The Balaban J connectivity index is 3.89. The SMILES string of the molecule is CCOCCC(CC)(CC)OCC. The molecule has 80 valence electrons. The van der Waals surface area contributed by atoms with Crippen molar-refractivity contribution >= 4 is 0 Å². The van der Waals surface area contributed by atoms with Crippen LogP contribution in [0.3, 0.4) is 0 Å². The molecule has 0 N–H and O–H groups in total. The minimum Gasteiger partial charge on any atom is -0.382 e. The number of hydrogen-bond acceptors (Lipinski definition) is 2. The molecule has 0 radical (unpaired) electrons. The monoisotopic (exact) mass is 188 g/mol. The zero-order valence-electron chi connectivity index (χ0n) is 9.56. The van der Waals surface area contributed by atoms with E-state index in [1.165, 1.54) is 0 Å². The van der Waals surface area contributed by atoms with Gasteiger partial charge < -0.3 is 9.47 Å². The Labute approximate surface area is 82.6 Å². The molecule has 0 aliphatic heterocycles. The van der Waals surface area contributed by atoms with E-state index in [2.05, 4.69) is 20.8 Å². The molecule has 0 aromatic heterocycles. The Morgan fingerprint density at radius 1 is 0.923 bits per heavy atom. The molecule has 0 fully saturated rings. The summed E-state index contributed by atoms with van der Waals surface area (Å²) in [5.74, 6) is 0. The minimum absolute atomic E-state index is 0.0594. The molecule has 0 heterocycles. The van der Waals surface area contributed by atoms with Crippen LogP contribution in [0.25, 0.3) is 0 Å². The zero-order valence-corrected chi connectivity index (χ0v) is 9.56. The fourth-order valence-electron chi connectivity index (χ4n) is 1.59. The summed E-state index contributed by atoms with van der Waals surface area (Å²) in [6, 6.07) is 0. The van der Waals surface area contributed by atoms with Crippen LogP contribution < -0.4 is 0 Å². The number of rotatable bonds is 8. The summed E-state index contributed by atoms with van der Waals surface area (Å²) in [6.07, 6.45) is 3.16. The van der Waals surface area contributed by atoms with E-state index < -0.39 is 0 Å². The molecule has 13 heavy (non-hydrogen) atoms. The van der Waals surface area contributed by atoms with E-state index in [-0.39, 0.29) is 5.60 Å². The molecule has 0 saturated heterocycles. The molecule has 0 aliphatic carbocycles. The molecule has 0 aliphatic rings. The van der Waals surface area contributed by atoms with Crippen LogP contribution >= 0.6 is 0 Å². The summed E-state index contributed by atoms with van der Waals surface area (Å²) in [4.78, 5) is 0. The molecule has 0 amide bonds. The molecular formula is C11H24O2. The van der Waals surface area contributed by atoms with Gasteiger partial charge in [-0.15, -0.1) is 0 Å². The fraction of sp³-hybridized carbons (Fsp3) is 1.00. The summed E-state index contributed by atoms with van der Waals surface area (Å²) in [6.45, 7) is 10.9. The molecule has 0 bridgehead atoms. The lowest BCUT2D eigenvalue weighted by atomic mass is 9.93. The van der Waals surface area contributed by atoms with E-state index in [4.69, 9.17) is 9.47 Å². The quantitative estimate of drug-likeness (QED) is 0.545. The van der Waals surface area contributed by atoms with Crippen LogP contribution in [0, 0.1) is 0 Å². The molecule has 0 rings (SSSR count). The van der Waals surface area contributed by atoms with Gasteiger partial charge in [-0.3, -0.25) is 0 Å². The van der Waals surface area contributed by atoms with Crippen molar-refractivity contribution < 1.29 is 9.47 Å². The fourth-order valence-corrected chi connectivity index (χ4v) is 1.59. The van der Waals surface area contributed by atoms with E-state index in [0.29, 0.717) is 0 Å². The van der Waals surface area contributed by atoms with Gasteiger partial charge in [0.1, 0.15) is 0 Å². The summed E-state index contributed by atoms with van der Waals surface area (Å²) >= 11 is 0. The summed E-state index contributed by atoms with van der Waals surface area (Å²) in [7, 11) is 0. The van der Waals surface area contributed by atoms with Crippen LogP contribution in [-0.4, -0.2) is 25.4 Å². The van der Waals surface area contributed by atoms with Crippen molar-refractivity contribution in [1.29, 1.82) is 0 Å². The van der Waals surface area contributed by atoms with Crippen LogP contribution in [0.5, 0.6) is 0 Å². The van der Waals surface area contributed by atoms with Crippen molar-refractivity contribution in [3.63, 3.8) is 0 Å². The standard InChI is InChI=1S/C11H24O2/c1-5-11(6-2,13-8-4)9-10-12-7-3/h5-10H2,1-4H3. The topological polar surface area (TPSA) is 18.5 Å². The third-order valence-corrected chi connectivity index (χ3v) is 2.65. The Morgan fingerprint density at radius 2 is 1.54 bits per heavy atom. The van der Waals surface area contributed by atoms with Crippen molar-refractivity contribution in [2.24, 2.45) is 0 Å². The van der Waals surface area contributed by atoms with Gasteiger partial charge in [0.15, 0.2) is 0 Å². The van der Waals surface area contributed by atoms with Gasteiger partial charge in [0.2, 0.25) is 0 Å². The molecule has 2 nitrogen and oxygen atoms in total. The lowest BCUT2D eigenvalue weighted by molar-refractivity contribution is -0.0654. The number of hydrogen-bond donors (Lipinski definition) is 0. The highest BCUT2D eigenvalue weighted by atomic mass is 16.5. The molecule has 0 atom stereocenters. The van der Waals surface area contributed by atoms with Gasteiger partial charge in [-0.2, -0.15) is 0 Å². The first-order valence-corrected chi connectivity index (χ1v) is 5.46. The number of ether oxygens (including phenoxy) is 2. The van der Waals surface area contributed by atoms with E-state index in [1.807, 2.05) is 6.92 Å². The van der Waals surface area contributed by atoms with Crippen molar-refractivity contribution in [3.8, 4) is 0 Å². The third-order valence-electron chi connectivity index (χ3n) is 2.65. The second-order valence-corrected chi connectivity index (χ2v) is 3.27. The maximum atomic E-state index is 5.79. The highest BCUT2D eigenvalue weighted by molar-refractivity contribution is 4.77. The molecule has 0 aromatic rings. The van der Waals surface area contributed by atoms with Crippen molar-refractivity contribution in [3.05, 3.63) is 0 Å². The van der Waals surface area contributed by atoms with E-state index in [9.17, 15) is 0 Å². The van der Waals surface area contributed by atoms with Crippen molar-refractivity contribution in [1.82, 2.24) is 0 Å². The predicted octanol–water partition coefficient (Wildman–Crippen LogP) is 3.01. The van der Waals surface area contributed by atoms with Crippen molar-refractivity contribution in [2.75, 3.05) is 19.8 Å². The molecule has 0 spiro atoms. The molecule has 0 saturated carbocycles. The van der Waals surface area contributed by atoms with Crippen LogP contribution in [0.2, 0.25) is 0 Å². The Bertz CT molecular complexity index is 109. The maximum absolute atomic E-state index is 5.79. The van der Waals surface area contributed by atoms with Crippen molar-refractivity contribution in [2.45, 2.75) is 52.6 Å². The van der Waals surface area contributed by atoms with Gasteiger partial charge in [-0.25, -0.2) is 0 Å². The zero-order chi connectivity index (χ0) is 10.2. The van der Waals surface area contributed by atoms with E-state index in [1.54, 1.807) is 0 Å².